The van der Waals surface area contributed by atoms with Gasteiger partial charge in [-0.25, -0.2) is 9.97 Å². The first kappa shape index (κ1) is 15.5. The normalized spacial score (nSPS) is 11.5. The highest BCUT2D eigenvalue weighted by atomic mass is 32.2. The van der Waals surface area contributed by atoms with Crippen LogP contribution in [0.3, 0.4) is 0 Å². The topological polar surface area (TPSA) is 42.9 Å². The fraction of sp³-hybridized carbons (Fsp3) is 0.214. The minimum Gasteiger partial charge on any atom is -0.298 e. The van der Waals surface area contributed by atoms with Crippen LogP contribution in [0.2, 0.25) is 0 Å². The van der Waals surface area contributed by atoms with Gasteiger partial charge in [0, 0.05) is 21.8 Å². The molecule has 1 heterocycles. The van der Waals surface area contributed by atoms with E-state index in [9.17, 15) is 18.0 Å². The van der Waals surface area contributed by atoms with Crippen molar-refractivity contribution in [2.24, 2.45) is 0 Å². The standard InChI is InChI=1S/C14H11F3N2OS/c1-8-5-9(2)19-13(18-8)21-12-4-3-10(7-20)6-11(12)14(15,16)17/h3-7H,1-2H3. The molecule has 0 atom stereocenters. The second kappa shape index (κ2) is 5.85. The van der Waals surface area contributed by atoms with Crippen molar-refractivity contribution in [3.8, 4) is 0 Å². The van der Waals surface area contributed by atoms with Gasteiger partial charge >= 0.3 is 6.18 Å². The molecule has 0 aliphatic rings. The summed E-state index contributed by atoms with van der Waals surface area (Å²) in [5, 5.41) is 0.247. The molecule has 110 valence electrons. The van der Waals surface area contributed by atoms with Crippen LogP contribution in [0.25, 0.3) is 0 Å². The minimum atomic E-state index is -4.54. The van der Waals surface area contributed by atoms with E-state index >= 15 is 0 Å². The zero-order valence-corrected chi connectivity index (χ0v) is 12.0. The first-order chi connectivity index (χ1) is 9.79. The van der Waals surface area contributed by atoms with Crippen LogP contribution in [0, 0.1) is 13.8 Å². The smallest absolute Gasteiger partial charge is 0.298 e. The van der Waals surface area contributed by atoms with Crippen LogP contribution in [0.1, 0.15) is 27.3 Å². The first-order valence-electron chi connectivity index (χ1n) is 5.96. The Bertz CT molecular complexity index is 666. The lowest BCUT2D eigenvalue weighted by Crippen LogP contribution is -2.08. The molecule has 0 fully saturated rings. The van der Waals surface area contributed by atoms with Gasteiger partial charge in [-0.15, -0.1) is 0 Å². The van der Waals surface area contributed by atoms with Crippen LogP contribution in [0.4, 0.5) is 13.2 Å². The number of aromatic nitrogens is 2. The molecule has 0 saturated carbocycles. The predicted octanol–water partition coefficient (Wildman–Crippen LogP) is 4.08. The summed E-state index contributed by atoms with van der Waals surface area (Å²) in [5.41, 5.74) is 0.485. The van der Waals surface area contributed by atoms with E-state index in [1.54, 1.807) is 19.9 Å². The number of nitrogens with zero attached hydrogens (tertiary/aromatic N) is 2. The molecular weight excluding hydrogens is 301 g/mol. The van der Waals surface area contributed by atoms with E-state index < -0.39 is 11.7 Å². The van der Waals surface area contributed by atoms with E-state index in [1.807, 2.05) is 0 Å². The molecule has 0 aliphatic heterocycles. The molecule has 21 heavy (non-hydrogen) atoms. The van der Waals surface area contributed by atoms with Gasteiger partial charge in [0.05, 0.1) is 5.56 Å². The fourth-order valence-electron chi connectivity index (χ4n) is 1.77. The number of alkyl halides is 3. The lowest BCUT2D eigenvalue weighted by atomic mass is 10.1. The molecule has 0 unspecified atom stereocenters. The van der Waals surface area contributed by atoms with Crippen LogP contribution >= 0.6 is 11.8 Å². The summed E-state index contributed by atoms with van der Waals surface area (Å²) in [6, 6.07) is 5.17. The lowest BCUT2D eigenvalue weighted by Gasteiger charge is -2.12. The van der Waals surface area contributed by atoms with E-state index in [0.29, 0.717) is 17.7 Å². The van der Waals surface area contributed by atoms with Crippen molar-refractivity contribution in [3.05, 3.63) is 46.8 Å². The average Bonchev–Trinajstić information content (AvgIpc) is 2.36. The second-order valence-electron chi connectivity index (χ2n) is 4.41. The van der Waals surface area contributed by atoms with E-state index in [2.05, 4.69) is 9.97 Å². The maximum atomic E-state index is 13.1. The quantitative estimate of drug-likeness (QED) is 0.633. The number of benzene rings is 1. The van der Waals surface area contributed by atoms with E-state index in [4.69, 9.17) is 0 Å². The maximum Gasteiger partial charge on any atom is 0.417 e. The summed E-state index contributed by atoms with van der Waals surface area (Å²) in [5.74, 6) is 0. The van der Waals surface area contributed by atoms with Gasteiger partial charge in [0.2, 0.25) is 0 Å². The Morgan fingerprint density at radius 3 is 2.24 bits per heavy atom. The molecule has 0 bridgehead atoms. The highest BCUT2D eigenvalue weighted by molar-refractivity contribution is 7.99. The minimum absolute atomic E-state index is 0.0204. The SMILES string of the molecule is Cc1cc(C)nc(Sc2ccc(C=O)cc2C(F)(F)F)n1. The van der Waals surface area contributed by atoms with Crippen molar-refractivity contribution in [2.75, 3.05) is 0 Å². The van der Waals surface area contributed by atoms with Crippen LogP contribution in [-0.2, 0) is 6.18 Å². The highest BCUT2D eigenvalue weighted by Gasteiger charge is 2.34. The molecule has 0 amide bonds. The molecule has 3 nitrogen and oxygen atoms in total. The van der Waals surface area contributed by atoms with Crippen molar-refractivity contribution < 1.29 is 18.0 Å². The number of hydrogen-bond acceptors (Lipinski definition) is 4. The van der Waals surface area contributed by atoms with Crippen molar-refractivity contribution in [1.29, 1.82) is 0 Å². The second-order valence-corrected chi connectivity index (χ2v) is 5.42. The third kappa shape index (κ3) is 3.81. The molecule has 0 radical (unpaired) electrons. The molecular formula is C14H11F3N2OS. The lowest BCUT2D eigenvalue weighted by molar-refractivity contribution is -0.139. The summed E-state index contributed by atoms with van der Waals surface area (Å²) >= 11 is 0.830. The number of halogens is 3. The van der Waals surface area contributed by atoms with Gasteiger partial charge in [0.1, 0.15) is 6.29 Å². The zero-order valence-electron chi connectivity index (χ0n) is 11.2. The largest absolute Gasteiger partial charge is 0.417 e. The number of carbonyl (C=O) groups is 1. The van der Waals surface area contributed by atoms with Gasteiger partial charge in [-0.2, -0.15) is 13.2 Å². The van der Waals surface area contributed by atoms with Crippen molar-refractivity contribution >= 4 is 18.0 Å². The van der Waals surface area contributed by atoms with Crippen molar-refractivity contribution in [1.82, 2.24) is 9.97 Å². The van der Waals surface area contributed by atoms with E-state index in [1.165, 1.54) is 12.1 Å². The van der Waals surface area contributed by atoms with Gasteiger partial charge < -0.3 is 0 Å². The number of rotatable bonds is 3. The van der Waals surface area contributed by atoms with Gasteiger partial charge in [-0.05, 0) is 43.8 Å². The van der Waals surface area contributed by atoms with Crippen LogP contribution < -0.4 is 0 Å². The van der Waals surface area contributed by atoms with Crippen molar-refractivity contribution in [3.63, 3.8) is 0 Å². The summed E-state index contributed by atoms with van der Waals surface area (Å²) in [6.07, 6.45) is -4.16. The van der Waals surface area contributed by atoms with Gasteiger partial charge in [0.25, 0.3) is 0 Å². The number of hydrogen-bond donors (Lipinski definition) is 0. The zero-order chi connectivity index (χ0) is 15.6. The third-order valence-electron chi connectivity index (χ3n) is 2.61. The Labute approximate surface area is 123 Å². The fourth-order valence-corrected chi connectivity index (χ4v) is 2.77. The summed E-state index contributed by atoms with van der Waals surface area (Å²) in [4.78, 5) is 18.8. The Kier molecular flexibility index (Phi) is 4.32. The van der Waals surface area contributed by atoms with Gasteiger partial charge in [-0.3, -0.25) is 4.79 Å². The van der Waals surface area contributed by atoms with Crippen LogP contribution in [0.5, 0.6) is 0 Å². The molecule has 0 N–H and O–H groups in total. The monoisotopic (exact) mass is 312 g/mol. The summed E-state index contributed by atoms with van der Waals surface area (Å²) in [6.45, 7) is 3.50. The van der Waals surface area contributed by atoms with E-state index in [-0.39, 0.29) is 15.6 Å². The number of carbonyl (C=O) groups excluding carboxylic acids is 1. The molecule has 0 spiro atoms. The summed E-state index contributed by atoms with van der Waals surface area (Å²) < 4.78 is 39.2. The maximum absolute atomic E-state index is 13.1. The molecule has 1 aromatic heterocycles. The van der Waals surface area contributed by atoms with Gasteiger partial charge in [0.15, 0.2) is 5.16 Å². The number of aryl methyl sites for hydroxylation is 2. The molecule has 0 saturated heterocycles. The molecule has 0 aliphatic carbocycles. The van der Waals surface area contributed by atoms with Crippen LogP contribution in [0.15, 0.2) is 34.3 Å². The first-order valence-corrected chi connectivity index (χ1v) is 6.78. The Morgan fingerprint density at radius 2 is 1.71 bits per heavy atom. The Balaban J connectivity index is 2.46. The molecule has 2 aromatic rings. The van der Waals surface area contributed by atoms with Gasteiger partial charge in [-0.1, -0.05) is 6.07 Å². The van der Waals surface area contributed by atoms with Crippen molar-refractivity contribution in [2.45, 2.75) is 30.1 Å². The highest BCUT2D eigenvalue weighted by Crippen LogP contribution is 2.39. The summed E-state index contributed by atoms with van der Waals surface area (Å²) in [7, 11) is 0. The Hall–Kier alpha value is -1.89. The average molecular weight is 312 g/mol. The van der Waals surface area contributed by atoms with Crippen LogP contribution in [-0.4, -0.2) is 16.3 Å². The molecule has 2 rings (SSSR count). The third-order valence-corrected chi connectivity index (χ3v) is 3.55. The predicted molar refractivity (Wildman–Crippen MR) is 72.5 cm³/mol. The number of aldehydes is 1. The Morgan fingerprint density at radius 1 is 1.10 bits per heavy atom. The molecule has 1 aromatic carbocycles. The molecule has 7 heteroatoms. The van der Waals surface area contributed by atoms with E-state index in [0.717, 1.165) is 17.8 Å².